The van der Waals surface area contributed by atoms with E-state index in [0.29, 0.717) is 0 Å². The van der Waals surface area contributed by atoms with Gasteiger partial charge < -0.3 is 0 Å². The Morgan fingerprint density at radius 1 is 1.12 bits per heavy atom. The Labute approximate surface area is 105 Å². The van der Waals surface area contributed by atoms with Gasteiger partial charge in [0.15, 0.2) is 5.78 Å². The van der Waals surface area contributed by atoms with E-state index in [2.05, 4.69) is 13.0 Å². The van der Waals surface area contributed by atoms with Crippen molar-refractivity contribution >= 4 is 23.2 Å². The standard InChI is InChI=1S/C15H14OS/c1-11-5-3-4-6-13(11)14(16)7-8-15-12(2)9-10-17-15/h3-10H,1-2H3/b8-7+. The Hall–Kier alpha value is -1.67. The van der Waals surface area contributed by atoms with Crippen LogP contribution in [0.2, 0.25) is 0 Å². The molecular weight excluding hydrogens is 228 g/mol. The highest BCUT2D eigenvalue weighted by Gasteiger charge is 2.04. The molecule has 1 heterocycles. The van der Waals surface area contributed by atoms with Gasteiger partial charge >= 0.3 is 0 Å². The van der Waals surface area contributed by atoms with E-state index in [-0.39, 0.29) is 5.78 Å². The summed E-state index contributed by atoms with van der Waals surface area (Å²) in [5.74, 6) is 0.0656. The number of hydrogen-bond donors (Lipinski definition) is 0. The molecular formula is C15H14OS. The van der Waals surface area contributed by atoms with Crippen molar-refractivity contribution in [3.63, 3.8) is 0 Å². The summed E-state index contributed by atoms with van der Waals surface area (Å²) in [6.07, 6.45) is 3.55. The molecule has 0 radical (unpaired) electrons. The van der Waals surface area contributed by atoms with Crippen molar-refractivity contribution in [2.45, 2.75) is 13.8 Å². The first-order valence-corrected chi connectivity index (χ1v) is 6.38. The smallest absolute Gasteiger partial charge is 0.186 e. The lowest BCUT2D eigenvalue weighted by Gasteiger charge is -1.99. The first-order valence-electron chi connectivity index (χ1n) is 5.50. The average molecular weight is 242 g/mol. The van der Waals surface area contributed by atoms with E-state index in [1.807, 2.05) is 42.6 Å². The molecule has 0 aliphatic heterocycles. The minimum atomic E-state index is 0.0656. The topological polar surface area (TPSA) is 17.1 Å². The van der Waals surface area contributed by atoms with Crippen LogP contribution in [-0.4, -0.2) is 5.78 Å². The monoisotopic (exact) mass is 242 g/mol. The molecule has 0 N–H and O–H groups in total. The van der Waals surface area contributed by atoms with E-state index in [1.165, 1.54) is 5.56 Å². The Morgan fingerprint density at radius 3 is 2.53 bits per heavy atom. The molecule has 0 bridgehead atoms. The van der Waals surface area contributed by atoms with Crippen molar-refractivity contribution < 1.29 is 4.79 Å². The maximum Gasteiger partial charge on any atom is 0.186 e. The molecule has 0 saturated heterocycles. The van der Waals surface area contributed by atoms with Gasteiger partial charge in [-0.1, -0.05) is 24.3 Å². The zero-order valence-corrected chi connectivity index (χ0v) is 10.8. The summed E-state index contributed by atoms with van der Waals surface area (Å²) in [6, 6.07) is 9.72. The first kappa shape index (κ1) is 11.8. The minimum Gasteiger partial charge on any atom is -0.289 e. The van der Waals surface area contributed by atoms with Crippen molar-refractivity contribution in [2.24, 2.45) is 0 Å². The van der Waals surface area contributed by atoms with Crippen molar-refractivity contribution in [3.8, 4) is 0 Å². The highest BCUT2D eigenvalue weighted by atomic mass is 32.1. The number of carbonyl (C=O) groups is 1. The lowest BCUT2D eigenvalue weighted by atomic mass is 10.0. The molecule has 0 fully saturated rings. The van der Waals surface area contributed by atoms with Gasteiger partial charge in [-0.2, -0.15) is 0 Å². The predicted molar refractivity (Wildman–Crippen MR) is 73.6 cm³/mol. The number of rotatable bonds is 3. The third-order valence-corrected chi connectivity index (χ3v) is 3.68. The fourth-order valence-electron chi connectivity index (χ4n) is 1.65. The second-order valence-corrected chi connectivity index (χ2v) is 4.93. The molecule has 2 rings (SSSR count). The zero-order valence-electron chi connectivity index (χ0n) is 9.94. The molecule has 2 heteroatoms. The minimum absolute atomic E-state index is 0.0656. The van der Waals surface area contributed by atoms with E-state index in [1.54, 1.807) is 17.4 Å². The summed E-state index contributed by atoms with van der Waals surface area (Å²) in [6.45, 7) is 4.01. The SMILES string of the molecule is Cc1ccccc1C(=O)/C=C/c1sccc1C. The van der Waals surface area contributed by atoms with Crippen molar-refractivity contribution in [1.29, 1.82) is 0 Å². The highest BCUT2D eigenvalue weighted by molar-refractivity contribution is 7.11. The molecule has 2 aromatic rings. The molecule has 0 spiro atoms. The highest BCUT2D eigenvalue weighted by Crippen LogP contribution is 2.18. The number of thiophene rings is 1. The summed E-state index contributed by atoms with van der Waals surface area (Å²) in [5, 5.41) is 2.03. The van der Waals surface area contributed by atoms with Gasteiger partial charge in [0, 0.05) is 10.4 Å². The molecule has 0 amide bonds. The van der Waals surface area contributed by atoms with Gasteiger partial charge in [-0.25, -0.2) is 0 Å². The van der Waals surface area contributed by atoms with E-state index in [4.69, 9.17) is 0 Å². The molecule has 0 aliphatic rings. The van der Waals surface area contributed by atoms with Crippen LogP contribution in [0.4, 0.5) is 0 Å². The first-order chi connectivity index (χ1) is 8.18. The lowest BCUT2D eigenvalue weighted by molar-refractivity contribution is 0.104. The molecule has 0 atom stereocenters. The largest absolute Gasteiger partial charge is 0.289 e. The quantitative estimate of drug-likeness (QED) is 0.580. The Kier molecular flexibility index (Phi) is 3.55. The maximum absolute atomic E-state index is 12.0. The Morgan fingerprint density at radius 2 is 1.88 bits per heavy atom. The van der Waals surface area contributed by atoms with Gasteiger partial charge in [-0.3, -0.25) is 4.79 Å². The number of allylic oxidation sites excluding steroid dienone is 1. The molecule has 17 heavy (non-hydrogen) atoms. The number of ketones is 1. The van der Waals surface area contributed by atoms with Crippen molar-refractivity contribution in [3.05, 3.63) is 63.4 Å². The van der Waals surface area contributed by atoms with Gasteiger partial charge in [0.25, 0.3) is 0 Å². The van der Waals surface area contributed by atoms with Crippen LogP contribution in [0.5, 0.6) is 0 Å². The van der Waals surface area contributed by atoms with Crippen molar-refractivity contribution in [1.82, 2.24) is 0 Å². The van der Waals surface area contributed by atoms with Crippen LogP contribution < -0.4 is 0 Å². The summed E-state index contributed by atoms with van der Waals surface area (Å²) < 4.78 is 0. The van der Waals surface area contributed by atoms with Crippen LogP contribution in [0, 0.1) is 13.8 Å². The average Bonchev–Trinajstić information content (AvgIpc) is 2.72. The normalized spacial score (nSPS) is 10.9. The molecule has 0 saturated carbocycles. The Balaban J connectivity index is 2.21. The van der Waals surface area contributed by atoms with E-state index < -0.39 is 0 Å². The molecule has 1 aromatic carbocycles. The van der Waals surface area contributed by atoms with Crippen LogP contribution in [0.25, 0.3) is 6.08 Å². The predicted octanol–water partition coefficient (Wildman–Crippen LogP) is 4.26. The third kappa shape index (κ3) is 2.71. The summed E-state index contributed by atoms with van der Waals surface area (Å²) in [4.78, 5) is 13.1. The van der Waals surface area contributed by atoms with E-state index in [0.717, 1.165) is 16.0 Å². The van der Waals surface area contributed by atoms with Gasteiger partial charge in [0.05, 0.1) is 0 Å². The number of carbonyl (C=O) groups excluding carboxylic acids is 1. The molecule has 1 aromatic heterocycles. The number of aryl methyl sites for hydroxylation is 2. The maximum atomic E-state index is 12.0. The lowest BCUT2D eigenvalue weighted by Crippen LogP contribution is -1.96. The van der Waals surface area contributed by atoms with E-state index >= 15 is 0 Å². The summed E-state index contributed by atoms with van der Waals surface area (Å²) >= 11 is 1.65. The van der Waals surface area contributed by atoms with Crippen molar-refractivity contribution in [2.75, 3.05) is 0 Å². The van der Waals surface area contributed by atoms with Gasteiger partial charge in [-0.05, 0) is 48.6 Å². The van der Waals surface area contributed by atoms with Crippen LogP contribution in [0.1, 0.15) is 26.4 Å². The zero-order chi connectivity index (χ0) is 12.3. The second-order valence-electron chi connectivity index (χ2n) is 3.98. The summed E-state index contributed by atoms with van der Waals surface area (Å²) in [7, 11) is 0. The number of hydrogen-bond acceptors (Lipinski definition) is 2. The Bertz CT molecular complexity index is 564. The van der Waals surface area contributed by atoms with Gasteiger partial charge in [0.1, 0.15) is 0 Å². The van der Waals surface area contributed by atoms with E-state index in [9.17, 15) is 4.79 Å². The molecule has 0 aliphatic carbocycles. The van der Waals surface area contributed by atoms with Gasteiger partial charge in [0.2, 0.25) is 0 Å². The van der Waals surface area contributed by atoms with Crippen LogP contribution in [-0.2, 0) is 0 Å². The fourth-order valence-corrected chi connectivity index (χ4v) is 2.47. The summed E-state index contributed by atoms with van der Waals surface area (Å²) in [5.41, 5.74) is 3.01. The fraction of sp³-hybridized carbons (Fsp3) is 0.133. The van der Waals surface area contributed by atoms with Crippen LogP contribution >= 0.6 is 11.3 Å². The van der Waals surface area contributed by atoms with Crippen LogP contribution in [0.3, 0.4) is 0 Å². The van der Waals surface area contributed by atoms with Crippen LogP contribution in [0.15, 0.2) is 41.8 Å². The third-order valence-electron chi connectivity index (χ3n) is 2.70. The molecule has 0 unspecified atom stereocenters. The number of benzene rings is 1. The molecule has 86 valence electrons. The van der Waals surface area contributed by atoms with Gasteiger partial charge in [-0.15, -0.1) is 11.3 Å². The molecule has 1 nitrogen and oxygen atoms in total. The second kappa shape index (κ2) is 5.11.